The highest BCUT2D eigenvalue weighted by Crippen LogP contribution is 2.38. The van der Waals surface area contributed by atoms with E-state index in [-0.39, 0.29) is 33.8 Å². The van der Waals surface area contributed by atoms with E-state index >= 15 is 0 Å². The van der Waals surface area contributed by atoms with E-state index in [1.807, 2.05) is 0 Å². The molecule has 0 aromatic heterocycles. The van der Waals surface area contributed by atoms with Gasteiger partial charge in [-0.05, 0) is 60.6 Å². The molecule has 1 fully saturated rings. The molecule has 0 unspecified atom stereocenters. The van der Waals surface area contributed by atoms with Crippen molar-refractivity contribution in [3.8, 4) is 11.5 Å². The number of non-ortho nitro benzene ring substituents is 1. The van der Waals surface area contributed by atoms with Gasteiger partial charge in [0.2, 0.25) is 0 Å². The number of nitrogens with zero attached hydrogens (tertiary/aromatic N) is 1. The van der Waals surface area contributed by atoms with Gasteiger partial charge in [0.25, 0.3) is 17.5 Å². The normalized spacial score (nSPS) is 13.4. The first-order valence-electron chi connectivity index (χ1n) is 8.99. The highest BCUT2D eigenvalue weighted by atomic mass is 35.5. The van der Waals surface area contributed by atoms with Gasteiger partial charge in [-0.3, -0.25) is 30.3 Å². The maximum absolute atomic E-state index is 12.0. The Kier molecular flexibility index (Phi) is 6.83. The van der Waals surface area contributed by atoms with Gasteiger partial charge >= 0.3 is 0 Å². The van der Waals surface area contributed by atoms with Crippen LogP contribution >= 0.6 is 23.8 Å². The van der Waals surface area contributed by atoms with Crippen LogP contribution in [0.15, 0.2) is 42.0 Å². The van der Waals surface area contributed by atoms with Crippen LogP contribution in [-0.4, -0.2) is 28.5 Å². The van der Waals surface area contributed by atoms with Crippen molar-refractivity contribution in [2.45, 2.75) is 13.5 Å². The van der Waals surface area contributed by atoms with Crippen LogP contribution in [0.5, 0.6) is 11.5 Å². The van der Waals surface area contributed by atoms with Gasteiger partial charge in [-0.1, -0.05) is 11.6 Å². The summed E-state index contributed by atoms with van der Waals surface area (Å²) in [6.45, 7) is 2.20. The molecule has 0 saturated carbocycles. The van der Waals surface area contributed by atoms with Crippen molar-refractivity contribution in [1.29, 1.82) is 0 Å². The Morgan fingerprint density at radius 1 is 1.13 bits per heavy atom. The fourth-order valence-corrected chi connectivity index (χ4v) is 3.18. The Balaban J connectivity index is 1.85. The molecule has 2 N–H and O–H groups in total. The number of nitro groups is 1. The Bertz CT molecular complexity index is 1080. The summed E-state index contributed by atoms with van der Waals surface area (Å²) in [6.07, 6.45) is 1.36. The molecule has 160 valence electrons. The number of carbonyl (C=O) groups excluding carboxylic acids is 2. The van der Waals surface area contributed by atoms with Crippen molar-refractivity contribution in [2.24, 2.45) is 0 Å². The number of benzene rings is 2. The third-order valence-electron chi connectivity index (χ3n) is 4.12. The number of thiocarbonyl (C=S) groups is 1. The van der Waals surface area contributed by atoms with Crippen LogP contribution in [0.2, 0.25) is 5.02 Å². The second-order valence-corrected chi connectivity index (χ2v) is 7.09. The van der Waals surface area contributed by atoms with Gasteiger partial charge in [0.1, 0.15) is 12.2 Å². The molecule has 2 amide bonds. The number of ether oxygens (including phenoxy) is 2. The summed E-state index contributed by atoms with van der Waals surface area (Å²) in [4.78, 5) is 34.4. The molecule has 3 rings (SSSR count). The highest BCUT2D eigenvalue weighted by molar-refractivity contribution is 7.80. The van der Waals surface area contributed by atoms with E-state index in [2.05, 4.69) is 10.6 Å². The summed E-state index contributed by atoms with van der Waals surface area (Å²) < 4.78 is 11.4. The largest absolute Gasteiger partial charge is 0.490 e. The zero-order valence-electron chi connectivity index (χ0n) is 16.1. The van der Waals surface area contributed by atoms with Crippen LogP contribution in [-0.2, 0) is 16.2 Å². The minimum Gasteiger partial charge on any atom is -0.490 e. The first-order valence-corrected chi connectivity index (χ1v) is 9.78. The lowest BCUT2D eigenvalue weighted by atomic mass is 10.1. The molecule has 1 heterocycles. The number of nitrogens with one attached hydrogen (secondary N) is 2. The second-order valence-electron chi connectivity index (χ2n) is 6.27. The number of hydrogen-bond donors (Lipinski definition) is 2. The van der Waals surface area contributed by atoms with Crippen molar-refractivity contribution in [3.63, 3.8) is 0 Å². The summed E-state index contributed by atoms with van der Waals surface area (Å²) in [6, 6.07) is 9.03. The van der Waals surface area contributed by atoms with E-state index in [0.29, 0.717) is 23.5 Å². The molecule has 0 aliphatic carbocycles. The first kappa shape index (κ1) is 22.2. The van der Waals surface area contributed by atoms with Gasteiger partial charge in [-0.2, -0.15) is 0 Å². The number of hydrogen-bond acceptors (Lipinski definition) is 7. The monoisotopic (exact) mass is 461 g/mol. The summed E-state index contributed by atoms with van der Waals surface area (Å²) in [5.41, 5.74) is 0.989. The standard InChI is InChI=1S/C20H16ClN3O6S/c1-2-29-16-9-12(7-14-18(25)22-20(31)23-19(14)26)8-15(21)17(16)30-10-11-3-5-13(6-4-11)24(27)28/h3-9H,2,10H2,1H3,(H2,22,23,25,26,31). The first-order chi connectivity index (χ1) is 14.8. The molecular weight excluding hydrogens is 446 g/mol. The topological polar surface area (TPSA) is 120 Å². The van der Waals surface area contributed by atoms with Crippen LogP contribution in [0.4, 0.5) is 5.69 Å². The van der Waals surface area contributed by atoms with Gasteiger partial charge in [0, 0.05) is 12.1 Å². The average Bonchev–Trinajstić information content (AvgIpc) is 2.70. The molecule has 1 saturated heterocycles. The van der Waals surface area contributed by atoms with Crippen LogP contribution in [0, 0.1) is 10.1 Å². The van der Waals surface area contributed by atoms with Gasteiger partial charge in [0.15, 0.2) is 16.6 Å². The van der Waals surface area contributed by atoms with E-state index in [9.17, 15) is 19.7 Å². The van der Waals surface area contributed by atoms with E-state index in [0.717, 1.165) is 0 Å². The lowest BCUT2D eigenvalue weighted by molar-refractivity contribution is -0.384. The summed E-state index contributed by atoms with van der Waals surface area (Å²) in [5, 5.41) is 15.6. The van der Waals surface area contributed by atoms with Gasteiger partial charge in [-0.25, -0.2) is 0 Å². The van der Waals surface area contributed by atoms with Gasteiger partial charge in [0.05, 0.1) is 16.6 Å². The molecule has 1 aliphatic rings. The summed E-state index contributed by atoms with van der Waals surface area (Å²) in [7, 11) is 0. The second kappa shape index (κ2) is 9.54. The highest BCUT2D eigenvalue weighted by Gasteiger charge is 2.26. The zero-order valence-corrected chi connectivity index (χ0v) is 17.7. The molecule has 1 aliphatic heterocycles. The number of halogens is 1. The molecule has 9 nitrogen and oxygen atoms in total. The van der Waals surface area contributed by atoms with Gasteiger partial charge in [-0.15, -0.1) is 0 Å². The molecule has 0 bridgehead atoms. The molecular formula is C20H16ClN3O6S. The molecule has 0 radical (unpaired) electrons. The lowest BCUT2D eigenvalue weighted by Gasteiger charge is -2.17. The van der Waals surface area contributed by atoms with Crippen molar-refractivity contribution in [3.05, 3.63) is 68.2 Å². The Morgan fingerprint density at radius 3 is 2.35 bits per heavy atom. The predicted molar refractivity (Wildman–Crippen MR) is 117 cm³/mol. The van der Waals surface area contributed by atoms with Gasteiger partial charge < -0.3 is 9.47 Å². The number of carbonyl (C=O) groups is 2. The number of rotatable bonds is 7. The van der Waals surface area contributed by atoms with Crippen molar-refractivity contribution in [2.75, 3.05) is 6.61 Å². The SMILES string of the molecule is CCOc1cc(C=C2C(=O)NC(=S)NC2=O)cc(Cl)c1OCc1ccc([N+](=O)[O-])cc1. The van der Waals surface area contributed by atoms with E-state index in [1.54, 1.807) is 25.1 Å². The van der Waals surface area contributed by atoms with Crippen molar-refractivity contribution >= 4 is 52.5 Å². The fourth-order valence-electron chi connectivity index (χ4n) is 2.72. The van der Waals surface area contributed by atoms with Crippen LogP contribution in [0.25, 0.3) is 6.08 Å². The van der Waals surface area contributed by atoms with Crippen molar-refractivity contribution in [1.82, 2.24) is 10.6 Å². The third-order valence-corrected chi connectivity index (χ3v) is 4.60. The Hall–Kier alpha value is -3.50. The van der Waals surface area contributed by atoms with Crippen LogP contribution in [0.3, 0.4) is 0 Å². The smallest absolute Gasteiger partial charge is 0.269 e. The van der Waals surface area contributed by atoms with Crippen LogP contribution in [0.1, 0.15) is 18.1 Å². The molecule has 0 atom stereocenters. The Labute approximate surface area is 187 Å². The minimum absolute atomic E-state index is 0.0225. The third kappa shape index (κ3) is 5.36. The maximum atomic E-state index is 12.0. The molecule has 2 aromatic carbocycles. The lowest BCUT2D eigenvalue weighted by Crippen LogP contribution is -2.51. The molecule has 11 heteroatoms. The fraction of sp³-hybridized carbons (Fsp3) is 0.150. The summed E-state index contributed by atoms with van der Waals surface area (Å²) >= 11 is 11.1. The molecule has 0 spiro atoms. The van der Waals surface area contributed by atoms with Crippen LogP contribution < -0.4 is 20.1 Å². The maximum Gasteiger partial charge on any atom is 0.269 e. The number of amides is 2. The molecule has 31 heavy (non-hydrogen) atoms. The quantitative estimate of drug-likeness (QED) is 0.214. The van der Waals surface area contributed by atoms with E-state index in [4.69, 9.17) is 33.3 Å². The number of nitro benzene ring substituents is 1. The predicted octanol–water partition coefficient (Wildman–Crippen LogP) is 3.14. The zero-order chi connectivity index (χ0) is 22.5. The van der Waals surface area contributed by atoms with E-state index in [1.165, 1.54) is 24.3 Å². The molecule has 2 aromatic rings. The van der Waals surface area contributed by atoms with Crippen molar-refractivity contribution < 1.29 is 24.0 Å². The summed E-state index contributed by atoms with van der Waals surface area (Å²) in [5.74, 6) is -0.665. The average molecular weight is 462 g/mol. The van der Waals surface area contributed by atoms with E-state index < -0.39 is 16.7 Å². The Morgan fingerprint density at radius 2 is 1.77 bits per heavy atom. The minimum atomic E-state index is -0.624.